The molecular weight excluding hydrogens is 343 g/mol. The number of likely N-dealkylation sites (tertiary alicyclic amines) is 1. The van der Waals surface area contributed by atoms with Crippen molar-refractivity contribution in [3.63, 3.8) is 0 Å². The number of fused-ring (bicyclic) bond motifs is 1. The highest BCUT2D eigenvalue weighted by Gasteiger charge is 2.29. The molecule has 27 heavy (non-hydrogen) atoms. The smallest absolute Gasteiger partial charge is 0.270 e. The maximum absolute atomic E-state index is 14.2. The van der Waals surface area contributed by atoms with E-state index >= 15 is 0 Å². The lowest BCUT2D eigenvalue weighted by atomic mass is 9.98. The highest BCUT2D eigenvalue weighted by molar-refractivity contribution is 5.99. The highest BCUT2D eigenvalue weighted by Crippen LogP contribution is 2.24. The monoisotopic (exact) mass is 364 g/mol. The molecule has 0 N–H and O–H groups in total. The van der Waals surface area contributed by atoms with Crippen molar-refractivity contribution < 1.29 is 14.0 Å². The minimum absolute atomic E-state index is 0.109. The summed E-state index contributed by atoms with van der Waals surface area (Å²) in [5, 5.41) is 0.943. The fraction of sp³-hybridized carbons (Fsp3) is 0.273. The van der Waals surface area contributed by atoms with Gasteiger partial charge in [0.2, 0.25) is 0 Å². The lowest BCUT2D eigenvalue weighted by Gasteiger charge is -2.30. The fourth-order valence-electron chi connectivity index (χ4n) is 3.72. The summed E-state index contributed by atoms with van der Waals surface area (Å²) < 4.78 is 16.1. The second kappa shape index (κ2) is 6.99. The van der Waals surface area contributed by atoms with E-state index in [-0.39, 0.29) is 30.0 Å². The summed E-state index contributed by atoms with van der Waals surface area (Å²) >= 11 is 0. The SMILES string of the molecule is CC1CN(C(=O)c2cc3ccccc3n2Cc2ccccc2F)CCC1=O. The summed E-state index contributed by atoms with van der Waals surface area (Å²) in [5.41, 5.74) is 1.96. The molecular formula is C22H21FN2O2. The van der Waals surface area contributed by atoms with Crippen molar-refractivity contribution in [2.75, 3.05) is 13.1 Å². The van der Waals surface area contributed by atoms with Crippen molar-refractivity contribution >= 4 is 22.6 Å². The summed E-state index contributed by atoms with van der Waals surface area (Å²) in [6.07, 6.45) is 0.389. The standard InChI is InChI=1S/C22H21FN2O2/c1-15-13-24(11-10-21(15)26)22(27)20-12-16-6-3-5-9-19(16)25(20)14-17-7-2-4-8-18(17)23/h2-9,12,15H,10-11,13-14H2,1H3. The number of hydrogen-bond acceptors (Lipinski definition) is 2. The minimum atomic E-state index is -0.286. The van der Waals surface area contributed by atoms with Crippen LogP contribution in [0, 0.1) is 11.7 Å². The largest absolute Gasteiger partial charge is 0.336 e. The Kier molecular flexibility index (Phi) is 4.52. The first-order valence-electron chi connectivity index (χ1n) is 9.18. The van der Waals surface area contributed by atoms with E-state index in [0.717, 1.165) is 10.9 Å². The normalized spacial score (nSPS) is 17.5. The molecule has 4 rings (SSSR count). The van der Waals surface area contributed by atoms with Crippen molar-refractivity contribution in [1.29, 1.82) is 0 Å². The van der Waals surface area contributed by atoms with Crippen LogP contribution in [-0.4, -0.2) is 34.2 Å². The summed E-state index contributed by atoms with van der Waals surface area (Å²) in [6.45, 7) is 3.00. The molecule has 1 aliphatic heterocycles. The predicted octanol–water partition coefficient (Wildman–Crippen LogP) is 3.88. The Hall–Kier alpha value is -2.95. The van der Waals surface area contributed by atoms with Gasteiger partial charge in [-0.25, -0.2) is 4.39 Å². The van der Waals surface area contributed by atoms with E-state index in [1.165, 1.54) is 6.07 Å². The number of aromatic nitrogens is 1. The van der Waals surface area contributed by atoms with Gasteiger partial charge in [0, 0.05) is 41.9 Å². The fourth-order valence-corrected chi connectivity index (χ4v) is 3.72. The Morgan fingerprint density at radius 3 is 2.67 bits per heavy atom. The molecule has 1 saturated heterocycles. The van der Waals surface area contributed by atoms with Gasteiger partial charge in [0.05, 0.1) is 6.54 Å². The van der Waals surface area contributed by atoms with E-state index in [0.29, 0.717) is 30.8 Å². The van der Waals surface area contributed by atoms with Crippen LogP contribution in [0.3, 0.4) is 0 Å². The van der Waals surface area contributed by atoms with Crippen molar-refractivity contribution in [2.24, 2.45) is 5.92 Å². The van der Waals surface area contributed by atoms with Crippen LogP contribution < -0.4 is 0 Å². The molecule has 3 aromatic rings. The van der Waals surface area contributed by atoms with Gasteiger partial charge in [-0.05, 0) is 18.2 Å². The number of piperidine rings is 1. The first-order valence-corrected chi connectivity index (χ1v) is 9.18. The van der Waals surface area contributed by atoms with Crippen LogP contribution in [0.25, 0.3) is 10.9 Å². The van der Waals surface area contributed by atoms with Crippen LogP contribution in [-0.2, 0) is 11.3 Å². The molecule has 0 saturated carbocycles. The maximum atomic E-state index is 14.2. The minimum Gasteiger partial charge on any atom is -0.336 e. The van der Waals surface area contributed by atoms with Crippen LogP contribution in [0.15, 0.2) is 54.6 Å². The van der Waals surface area contributed by atoms with Gasteiger partial charge in [-0.2, -0.15) is 0 Å². The number of ketones is 1. The lowest BCUT2D eigenvalue weighted by molar-refractivity contribution is -0.124. The Morgan fingerprint density at radius 1 is 1.15 bits per heavy atom. The number of carbonyl (C=O) groups is 2. The van der Waals surface area contributed by atoms with E-state index in [9.17, 15) is 14.0 Å². The number of para-hydroxylation sites is 1. The molecule has 1 fully saturated rings. The Labute approximate surface area is 157 Å². The van der Waals surface area contributed by atoms with Gasteiger partial charge in [-0.3, -0.25) is 9.59 Å². The van der Waals surface area contributed by atoms with Crippen LogP contribution in [0.1, 0.15) is 29.4 Å². The molecule has 0 radical (unpaired) electrons. The van der Waals surface area contributed by atoms with Gasteiger partial charge in [0.1, 0.15) is 17.3 Å². The van der Waals surface area contributed by atoms with Gasteiger partial charge >= 0.3 is 0 Å². The van der Waals surface area contributed by atoms with E-state index in [2.05, 4.69) is 0 Å². The molecule has 4 nitrogen and oxygen atoms in total. The quantitative estimate of drug-likeness (QED) is 0.708. The molecule has 1 amide bonds. The number of amides is 1. The molecule has 0 aliphatic carbocycles. The number of hydrogen-bond donors (Lipinski definition) is 0. The average Bonchev–Trinajstić information content (AvgIpc) is 3.04. The zero-order chi connectivity index (χ0) is 19.0. The van der Waals surface area contributed by atoms with Crippen molar-refractivity contribution in [1.82, 2.24) is 9.47 Å². The Morgan fingerprint density at radius 2 is 1.89 bits per heavy atom. The number of nitrogens with zero attached hydrogens (tertiary/aromatic N) is 2. The molecule has 0 bridgehead atoms. The van der Waals surface area contributed by atoms with Gasteiger partial charge in [-0.1, -0.05) is 43.3 Å². The number of benzene rings is 2. The molecule has 2 heterocycles. The molecule has 0 spiro atoms. The maximum Gasteiger partial charge on any atom is 0.270 e. The summed E-state index contributed by atoms with van der Waals surface area (Å²) in [7, 11) is 0. The molecule has 1 aliphatic rings. The zero-order valence-corrected chi connectivity index (χ0v) is 15.2. The Balaban J connectivity index is 1.75. The summed E-state index contributed by atoms with van der Waals surface area (Å²) in [4.78, 5) is 26.8. The molecule has 5 heteroatoms. The number of rotatable bonds is 3. The van der Waals surface area contributed by atoms with E-state index in [4.69, 9.17) is 0 Å². The van der Waals surface area contributed by atoms with Crippen LogP contribution in [0.4, 0.5) is 4.39 Å². The van der Waals surface area contributed by atoms with Crippen molar-refractivity contribution in [2.45, 2.75) is 19.9 Å². The zero-order valence-electron chi connectivity index (χ0n) is 15.2. The first-order chi connectivity index (χ1) is 13.0. The predicted molar refractivity (Wildman–Crippen MR) is 102 cm³/mol. The van der Waals surface area contributed by atoms with Crippen LogP contribution >= 0.6 is 0 Å². The van der Waals surface area contributed by atoms with Gasteiger partial charge < -0.3 is 9.47 Å². The van der Waals surface area contributed by atoms with Crippen LogP contribution in [0.2, 0.25) is 0 Å². The van der Waals surface area contributed by atoms with E-state index in [1.807, 2.05) is 41.8 Å². The van der Waals surface area contributed by atoms with Gasteiger partial charge in [0.15, 0.2) is 0 Å². The molecule has 138 valence electrons. The average molecular weight is 364 g/mol. The third-order valence-electron chi connectivity index (χ3n) is 5.28. The molecule has 1 aromatic heterocycles. The summed E-state index contributed by atoms with van der Waals surface area (Å²) in [5.74, 6) is -0.342. The third kappa shape index (κ3) is 3.25. The topological polar surface area (TPSA) is 42.3 Å². The summed E-state index contributed by atoms with van der Waals surface area (Å²) in [6, 6.07) is 16.2. The second-order valence-electron chi connectivity index (χ2n) is 7.13. The Bertz CT molecular complexity index is 1020. The van der Waals surface area contributed by atoms with E-state index in [1.54, 1.807) is 23.1 Å². The molecule has 1 unspecified atom stereocenters. The number of carbonyl (C=O) groups excluding carboxylic acids is 2. The number of halogens is 1. The first kappa shape index (κ1) is 17.5. The third-order valence-corrected chi connectivity index (χ3v) is 5.28. The highest BCUT2D eigenvalue weighted by atomic mass is 19.1. The van der Waals surface area contributed by atoms with E-state index < -0.39 is 0 Å². The van der Waals surface area contributed by atoms with Crippen molar-refractivity contribution in [3.05, 3.63) is 71.7 Å². The van der Waals surface area contributed by atoms with Crippen molar-refractivity contribution in [3.8, 4) is 0 Å². The van der Waals surface area contributed by atoms with Gasteiger partial charge in [0.25, 0.3) is 5.91 Å². The number of Topliss-reactive ketones (excluding diaryl/α,β-unsaturated/α-hetero) is 1. The second-order valence-corrected chi connectivity index (χ2v) is 7.13. The lowest BCUT2D eigenvalue weighted by Crippen LogP contribution is -2.43. The van der Waals surface area contributed by atoms with Gasteiger partial charge in [-0.15, -0.1) is 0 Å². The molecule has 1 atom stereocenters. The molecule has 2 aromatic carbocycles. The van der Waals surface area contributed by atoms with Crippen LogP contribution in [0.5, 0.6) is 0 Å².